The summed E-state index contributed by atoms with van der Waals surface area (Å²) in [5.41, 5.74) is 15.3. The Morgan fingerprint density at radius 3 is 1.56 bits per heavy atom. The number of fused-ring (bicyclic) bond motifs is 17. The van der Waals surface area contributed by atoms with E-state index in [0.717, 1.165) is 0 Å². The molecule has 0 saturated carbocycles. The first kappa shape index (κ1) is 31.0. The van der Waals surface area contributed by atoms with Crippen molar-refractivity contribution in [2.75, 3.05) is 0 Å². The highest BCUT2D eigenvalue weighted by Gasteiger charge is 2.53. The van der Waals surface area contributed by atoms with Gasteiger partial charge in [0.1, 0.15) is 0 Å². The van der Waals surface area contributed by atoms with Crippen molar-refractivity contribution < 1.29 is 0 Å². The molecule has 262 valence electrons. The average molecular weight is 719 g/mol. The maximum atomic E-state index is 2.57. The molecule has 0 atom stereocenters. The van der Waals surface area contributed by atoms with Crippen LogP contribution in [0.25, 0.3) is 98.4 Å². The monoisotopic (exact) mass is 718 g/mol. The van der Waals surface area contributed by atoms with Crippen LogP contribution in [0.15, 0.2) is 206 Å². The molecular weight excluding hydrogens is 685 g/mol. The Kier molecular flexibility index (Phi) is 6.19. The van der Waals surface area contributed by atoms with E-state index < -0.39 is 5.41 Å². The minimum absolute atomic E-state index is 0.536. The average Bonchev–Trinajstić information content (AvgIpc) is 3.75. The van der Waals surface area contributed by atoms with Crippen molar-refractivity contribution >= 4 is 53.9 Å². The molecule has 11 aromatic rings. The summed E-state index contributed by atoms with van der Waals surface area (Å²) in [7, 11) is 0. The second kappa shape index (κ2) is 11.4. The molecule has 0 radical (unpaired) electrons. The summed E-state index contributed by atoms with van der Waals surface area (Å²) in [6, 6.07) is 77.9. The number of hydrogen-bond donors (Lipinski definition) is 0. The maximum Gasteiger partial charge on any atom is 0.0731 e. The molecule has 1 spiro atoms. The molecule has 0 unspecified atom stereocenters. The van der Waals surface area contributed by atoms with Crippen molar-refractivity contribution in [3.63, 3.8) is 0 Å². The summed E-state index contributed by atoms with van der Waals surface area (Å²) in [4.78, 5) is 0. The largest absolute Gasteiger partial charge is 0.0731 e. The molecule has 0 aliphatic heterocycles. The highest BCUT2D eigenvalue weighted by atomic mass is 14.5. The van der Waals surface area contributed by atoms with Crippen LogP contribution in [-0.2, 0) is 5.41 Å². The van der Waals surface area contributed by atoms with E-state index in [-0.39, 0.29) is 0 Å². The van der Waals surface area contributed by atoms with Gasteiger partial charge in [-0.25, -0.2) is 0 Å². The number of rotatable bonds is 2. The third-order valence-electron chi connectivity index (χ3n) is 13.2. The first-order valence-electron chi connectivity index (χ1n) is 20.0. The summed E-state index contributed by atoms with van der Waals surface area (Å²) in [6.45, 7) is 0. The fourth-order valence-corrected chi connectivity index (χ4v) is 10.9. The molecule has 0 heteroatoms. The lowest BCUT2D eigenvalue weighted by molar-refractivity contribution is 0.797. The molecule has 57 heavy (non-hydrogen) atoms. The van der Waals surface area contributed by atoms with Crippen LogP contribution in [0.2, 0.25) is 0 Å². The summed E-state index contributed by atoms with van der Waals surface area (Å²) in [6.07, 6.45) is 0. The van der Waals surface area contributed by atoms with Crippen molar-refractivity contribution in [3.8, 4) is 44.5 Å². The molecule has 0 saturated heterocycles. The van der Waals surface area contributed by atoms with Gasteiger partial charge in [-0.3, -0.25) is 0 Å². The van der Waals surface area contributed by atoms with E-state index in [1.807, 2.05) is 0 Å². The van der Waals surface area contributed by atoms with E-state index in [4.69, 9.17) is 0 Å². The molecule has 13 rings (SSSR count). The number of hydrogen-bond acceptors (Lipinski definition) is 0. The van der Waals surface area contributed by atoms with Gasteiger partial charge in [0.05, 0.1) is 5.41 Å². The van der Waals surface area contributed by atoms with Crippen LogP contribution in [0.4, 0.5) is 0 Å². The molecule has 0 fully saturated rings. The molecule has 0 bridgehead atoms. The van der Waals surface area contributed by atoms with Crippen molar-refractivity contribution in [3.05, 3.63) is 229 Å². The predicted molar refractivity (Wildman–Crippen MR) is 241 cm³/mol. The van der Waals surface area contributed by atoms with Gasteiger partial charge in [-0.1, -0.05) is 182 Å². The third-order valence-corrected chi connectivity index (χ3v) is 13.2. The van der Waals surface area contributed by atoms with Gasteiger partial charge in [-0.15, -0.1) is 0 Å². The Morgan fingerprint density at radius 1 is 0.246 bits per heavy atom. The molecule has 0 amide bonds. The molecule has 0 aromatic heterocycles. The van der Waals surface area contributed by atoms with Crippen molar-refractivity contribution in [2.24, 2.45) is 0 Å². The van der Waals surface area contributed by atoms with Crippen LogP contribution in [0.1, 0.15) is 22.3 Å². The summed E-state index contributed by atoms with van der Waals surface area (Å²) in [5, 5.41) is 12.7. The molecule has 0 nitrogen and oxygen atoms in total. The normalized spacial score (nSPS) is 13.4. The Balaban J connectivity index is 1.21. The zero-order chi connectivity index (χ0) is 37.2. The summed E-state index contributed by atoms with van der Waals surface area (Å²) >= 11 is 0. The van der Waals surface area contributed by atoms with Crippen LogP contribution in [0.3, 0.4) is 0 Å². The van der Waals surface area contributed by atoms with Crippen molar-refractivity contribution in [1.29, 1.82) is 0 Å². The van der Waals surface area contributed by atoms with E-state index >= 15 is 0 Å². The predicted octanol–water partition coefficient (Wildman–Crippen LogP) is 15.1. The lowest BCUT2D eigenvalue weighted by Gasteiger charge is -2.33. The fraction of sp³-hybridized carbons (Fsp3) is 0.0175. The summed E-state index contributed by atoms with van der Waals surface area (Å²) < 4.78 is 0. The Hall–Kier alpha value is -7.28. The van der Waals surface area contributed by atoms with Gasteiger partial charge >= 0.3 is 0 Å². The lowest BCUT2D eigenvalue weighted by Crippen LogP contribution is -2.26. The first-order chi connectivity index (χ1) is 28.3. The Labute approximate surface area is 330 Å². The second-order valence-electron chi connectivity index (χ2n) is 15.9. The van der Waals surface area contributed by atoms with E-state index in [0.29, 0.717) is 0 Å². The van der Waals surface area contributed by atoms with Gasteiger partial charge in [0, 0.05) is 0 Å². The van der Waals surface area contributed by atoms with Gasteiger partial charge in [-0.05, 0) is 145 Å². The van der Waals surface area contributed by atoms with Crippen LogP contribution in [0.5, 0.6) is 0 Å². The number of benzene rings is 11. The molecule has 0 heterocycles. The third kappa shape index (κ3) is 4.07. The quantitative estimate of drug-likeness (QED) is 0.123. The molecular formula is C57H34. The van der Waals surface area contributed by atoms with Crippen LogP contribution >= 0.6 is 0 Å². The SMILES string of the molecule is c1ccc2c(c1)-c1ccccc1C21c2cc(-c3c4ccccc4cc4c3ccc3ccccc34)ccc2-c2c1c(-c1ccc3ccccc3c1)cc1ccccc21. The zero-order valence-electron chi connectivity index (χ0n) is 31.1. The van der Waals surface area contributed by atoms with Gasteiger partial charge in [0.15, 0.2) is 0 Å². The van der Waals surface area contributed by atoms with Gasteiger partial charge in [-0.2, -0.15) is 0 Å². The smallest absolute Gasteiger partial charge is 0.0619 e. The molecule has 0 N–H and O–H groups in total. The second-order valence-corrected chi connectivity index (χ2v) is 15.9. The molecule has 2 aliphatic carbocycles. The fourth-order valence-electron chi connectivity index (χ4n) is 10.9. The van der Waals surface area contributed by atoms with Crippen LogP contribution < -0.4 is 0 Å². The Morgan fingerprint density at radius 2 is 0.807 bits per heavy atom. The van der Waals surface area contributed by atoms with Gasteiger partial charge in [0.2, 0.25) is 0 Å². The minimum atomic E-state index is -0.536. The van der Waals surface area contributed by atoms with Crippen LogP contribution in [0, 0.1) is 0 Å². The Bertz CT molecular complexity index is 3480. The standard InChI is InChI=1S/C57H34/c1-2-15-37-31-40(26-25-35(37)13-1)49-32-38-16-5-8-20-44(38)55-48-30-28-41(34-53(48)57(56(49)55)51-23-11-9-21-45(51)46-22-10-12-24-52(46)57)54-43-19-7-4-17-39(43)33-50-42-18-6-3-14-36(42)27-29-47(50)54/h1-34H. The highest BCUT2D eigenvalue weighted by Crippen LogP contribution is 2.66. The minimum Gasteiger partial charge on any atom is -0.0619 e. The first-order valence-corrected chi connectivity index (χ1v) is 20.0. The van der Waals surface area contributed by atoms with E-state index in [1.54, 1.807) is 0 Å². The lowest BCUT2D eigenvalue weighted by atomic mass is 9.68. The van der Waals surface area contributed by atoms with Gasteiger partial charge in [0.25, 0.3) is 0 Å². The molecule has 11 aromatic carbocycles. The van der Waals surface area contributed by atoms with E-state index in [1.165, 1.54) is 121 Å². The topological polar surface area (TPSA) is 0 Å². The highest BCUT2D eigenvalue weighted by molar-refractivity contribution is 6.20. The van der Waals surface area contributed by atoms with Crippen molar-refractivity contribution in [2.45, 2.75) is 5.41 Å². The zero-order valence-corrected chi connectivity index (χ0v) is 31.1. The van der Waals surface area contributed by atoms with Gasteiger partial charge < -0.3 is 0 Å². The van der Waals surface area contributed by atoms with Crippen molar-refractivity contribution in [1.82, 2.24) is 0 Å². The van der Waals surface area contributed by atoms with Crippen LogP contribution in [-0.4, -0.2) is 0 Å². The van der Waals surface area contributed by atoms with E-state index in [9.17, 15) is 0 Å². The van der Waals surface area contributed by atoms with E-state index in [2.05, 4.69) is 206 Å². The maximum absolute atomic E-state index is 2.57. The summed E-state index contributed by atoms with van der Waals surface area (Å²) in [5.74, 6) is 0. The molecule has 2 aliphatic rings.